The normalized spacial score (nSPS) is 34.8. The van der Waals surface area contributed by atoms with E-state index in [1.165, 1.54) is 45.4 Å². The van der Waals surface area contributed by atoms with Crippen LogP contribution < -0.4 is 0 Å². The van der Waals surface area contributed by atoms with Crippen LogP contribution in [0.4, 0.5) is 4.39 Å². The lowest BCUT2D eigenvalue weighted by Gasteiger charge is -2.44. The SMILES string of the molecule is COC(C)(C)CC(C)(C)C1(F)CC2CC(C(C)(C)CC(C)N3CCN(C)CC3)CC2C1. The number of ether oxygens (including phenoxy) is 1. The first-order valence-corrected chi connectivity index (χ1v) is 12.8. The number of halogens is 1. The van der Waals surface area contributed by atoms with Crippen LogP contribution >= 0.6 is 0 Å². The average Bonchev–Trinajstić information content (AvgIpc) is 3.18. The van der Waals surface area contributed by atoms with Gasteiger partial charge in [0.1, 0.15) is 5.67 Å². The minimum absolute atomic E-state index is 0.274. The van der Waals surface area contributed by atoms with Crippen LogP contribution in [0.5, 0.6) is 0 Å². The highest BCUT2D eigenvalue weighted by atomic mass is 19.1. The molecule has 31 heavy (non-hydrogen) atoms. The summed E-state index contributed by atoms with van der Waals surface area (Å²) in [6, 6.07) is 0.639. The molecule has 0 aromatic rings. The lowest BCUT2D eigenvalue weighted by Crippen LogP contribution is -2.49. The maximum Gasteiger partial charge on any atom is 0.116 e. The summed E-state index contributed by atoms with van der Waals surface area (Å²) in [4.78, 5) is 5.12. The lowest BCUT2D eigenvalue weighted by molar-refractivity contribution is -0.0699. The van der Waals surface area contributed by atoms with Gasteiger partial charge >= 0.3 is 0 Å². The number of fused-ring (bicyclic) bond motifs is 1. The monoisotopic (exact) mass is 438 g/mol. The van der Waals surface area contributed by atoms with Gasteiger partial charge in [-0.3, -0.25) is 4.90 Å². The Labute approximate surface area is 192 Å². The zero-order valence-electron chi connectivity index (χ0n) is 22.1. The Hall–Kier alpha value is -0.190. The van der Waals surface area contributed by atoms with Crippen LogP contribution in [-0.2, 0) is 4.74 Å². The number of hydrogen-bond acceptors (Lipinski definition) is 3. The molecule has 182 valence electrons. The van der Waals surface area contributed by atoms with Crippen molar-refractivity contribution < 1.29 is 9.13 Å². The molecule has 0 N–H and O–H groups in total. The fourth-order valence-corrected chi connectivity index (χ4v) is 7.43. The molecule has 3 fully saturated rings. The van der Waals surface area contributed by atoms with Gasteiger partial charge < -0.3 is 9.64 Å². The van der Waals surface area contributed by atoms with Crippen molar-refractivity contribution >= 4 is 0 Å². The fraction of sp³-hybridized carbons (Fsp3) is 1.00. The molecule has 0 aromatic heterocycles. The predicted molar refractivity (Wildman–Crippen MR) is 129 cm³/mol. The van der Waals surface area contributed by atoms with E-state index in [2.05, 4.69) is 65.3 Å². The largest absolute Gasteiger partial charge is 0.379 e. The third-order valence-electron chi connectivity index (χ3n) is 9.73. The number of rotatable bonds is 8. The zero-order chi connectivity index (χ0) is 23.2. The molecule has 4 heteroatoms. The van der Waals surface area contributed by atoms with Crippen LogP contribution in [0.1, 0.15) is 87.0 Å². The van der Waals surface area contributed by atoms with E-state index in [9.17, 15) is 0 Å². The van der Waals surface area contributed by atoms with Crippen LogP contribution in [-0.4, -0.2) is 67.4 Å². The maximum atomic E-state index is 16.3. The molecule has 1 heterocycles. The molecule has 0 amide bonds. The van der Waals surface area contributed by atoms with Gasteiger partial charge in [-0.1, -0.05) is 27.7 Å². The molecule has 1 saturated heterocycles. The van der Waals surface area contributed by atoms with Crippen molar-refractivity contribution in [3.63, 3.8) is 0 Å². The summed E-state index contributed by atoms with van der Waals surface area (Å²) in [5.41, 5.74) is -1.35. The van der Waals surface area contributed by atoms with Crippen LogP contribution in [0, 0.1) is 28.6 Å². The predicted octanol–water partition coefficient (Wildman–Crippen LogP) is 6.02. The van der Waals surface area contributed by atoms with Gasteiger partial charge in [0, 0.05) is 44.7 Å². The maximum absolute atomic E-state index is 16.3. The summed E-state index contributed by atoms with van der Waals surface area (Å²) in [6.45, 7) is 20.6. The summed E-state index contributed by atoms with van der Waals surface area (Å²) in [5.74, 6) is 1.87. The number of likely N-dealkylation sites (N-methyl/N-ethyl adjacent to an activating group) is 1. The molecule has 0 bridgehead atoms. The standard InChI is InChI=1S/C27H51FN2O/c1-20(30-12-10-29(8)11-13-30)16-24(2,3)23-14-21-17-27(28,18-22(21)15-23)25(4,5)19-26(6,7)31-9/h20-23H,10-19H2,1-9H3. The minimum atomic E-state index is -1.06. The van der Waals surface area contributed by atoms with Gasteiger partial charge in [-0.05, 0) is 89.5 Å². The van der Waals surface area contributed by atoms with E-state index >= 15 is 4.39 Å². The first kappa shape index (κ1) is 25.4. The van der Waals surface area contributed by atoms with Crippen molar-refractivity contribution in [3.05, 3.63) is 0 Å². The Kier molecular flexibility index (Phi) is 7.28. The van der Waals surface area contributed by atoms with Crippen molar-refractivity contribution in [1.82, 2.24) is 9.80 Å². The molecule has 3 nitrogen and oxygen atoms in total. The molecule has 3 unspecified atom stereocenters. The molecule has 2 aliphatic carbocycles. The van der Waals surface area contributed by atoms with Gasteiger partial charge in [0.15, 0.2) is 0 Å². The zero-order valence-corrected chi connectivity index (χ0v) is 22.1. The van der Waals surface area contributed by atoms with Crippen molar-refractivity contribution in [2.45, 2.75) is 104 Å². The number of piperazine rings is 1. The quantitative estimate of drug-likeness (QED) is 0.460. The van der Waals surface area contributed by atoms with Crippen molar-refractivity contribution in [2.24, 2.45) is 28.6 Å². The first-order valence-electron chi connectivity index (χ1n) is 12.8. The molecule has 0 spiro atoms. The van der Waals surface area contributed by atoms with Crippen LogP contribution in [0.2, 0.25) is 0 Å². The second-order valence-electron chi connectivity index (χ2n) is 13.5. The molecular weight excluding hydrogens is 387 g/mol. The van der Waals surface area contributed by atoms with Crippen molar-refractivity contribution in [3.8, 4) is 0 Å². The van der Waals surface area contributed by atoms with Gasteiger partial charge in [0.25, 0.3) is 0 Å². The second kappa shape index (κ2) is 8.87. The summed E-state index contributed by atoms with van der Waals surface area (Å²) in [5, 5.41) is 0. The van der Waals surface area contributed by atoms with Crippen molar-refractivity contribution in [2.75, 3.05) is 40.3 Å². The Morgan fingerprint density at radius 1 is 0.968 bits per heavy atom. The van der Waals surface area contributed by atoms with E-state index in [0.717, 1.165) is 25.2 Å². The molecule has 0 aromatic carbocycles. The Balaban J connectivity index is 1.57. The Bertz CT molecular complexity index is 594. The first-order chi connectivity index (χ1) is 14.2. The van der Waals surface area contributed by atoms with E-state index in [0.29, 0.717) is 23.3 Å². The summed E-state index contributed by atoms with van der Waals surface area (Å²) in [6.07, 6.45) is 5.99. The van der Waals surface area contributed by atoms with E-state index in [4.69, 9.17) is 4.74 Å². The van der Waals surface area contributed by atoms with Gasteiger partial charge in [0.2, 0.25) is 0 Å². The second-order valence-corrected chi connectivity index (χ2v) is 13.5. The highest BCUT2D eigenvalue weighted by Gasteiger charge is 2.58. The third kappa shape index (κ3) is 5.49. The van der Waals surface area contributed by atoms with E-state index in [-0.39, 0.29) is 11.0 Å². The van der Waals surface area contributed by atoms with Crippen molar-refractivity contribution in [1.29, 1.82) is 0 Å². The summed E-state index contributed by atoms with van der Waals surface area (Å²) >= 11 is 0. The number of methoxy groups -OCH3 is 1. The van der Waals surface area contributed by atoms with Gasteiger partial charge in [-0.2, -0.15) is 0 Å². The smallest absolute Gasteiger partial charge is 0.116 e. The van der Waals surface area contributed by atoms with E-state index in [1.54, 1.807) is 7.11 Å². The highest BCUT2D eigenvalue weighted by molar-refractivity contribution is 5.08. The summed E-state index contributed by atoms with van der Waals surface area (Å²) in [7, 11) is 3.98. The lowest BCUT2D eigenvalue weighted by atomic mass is 9.67. The minimum Gasteiger partial charge on any atom is -0.379 e. The fourth-order valence-electron chi connectivity index (χ4n) is 7.43. The molecule has 3 aliphatic rings. The number of nitrogens with zero attached hydrogens (tertiary/aromatic N) is 2. The van der Waals surface area contributed by atoms with Gasteiger partial charge in [-0.25, -0.2) is 4.39 Å². The Morgan fingerprint density at radius 2 is 1.48 bits per heavy atom. The molecular formula is C27H51FN2O. The molecule has 0 radical (unpaired) electrons. The summed E-state index contributed by atoms with van der Waals surface area (Å²) < 4.78 is 22.0. The van der Waals surface area contributed by atoms with E-state index < -0.39 is 5.67 Å². The Morgan fingerprint density at radius 3 is 1.97 bits per heavy atom. The molecule has 2 saturated carbocycles. The third-order valence-corrected chi connectivity index (χ3v) is 9.73. The van der Waals surface area contributed by atoms with Crippen LogP contribution in [0.25, 0.3) is 0 Å². The molecule has 3 rings (SSSR count). The topological polar surface area (TPSA) is 15.7 Å². The molecule has 1 aliphatic heterocycles. The van der Waals surface area contributed by atoms with Gasteiger partial charge in [-0.15, -0.1) is 0 Å². The number of hydrogen-bond donors (Lipinski definition) is 0. The molecule has 3 atom stereocenters. The number of alkyl halides is 1. The highest BCUT2D eigenvalue weighted by Crippen LogP contribution is 2.62. The van der Waals surface area contributed by atoms with Gasteiger partial charge in [0.05, 0.1) is 5.60 Å². The van der Waals surface area contributed by atoms with Crippen LogP contribution in [0.3, 0.4) is 0 Å². The average molecular weight is 439 g/mol. The van der Waals surface area contributed by atoms with E-state index in [1.807, 2.05) is 0 Å². The van der Waals surface area contributed by atoms with Crippen LogP contribution in [0.15, 0.2) is 0 Å².